The minimum Gasteiger partial charge on any atom is -0.356 e. The Kier molecular flexibility index (Phi) is 6.96. The third kappa shape index (κ3) is 7.31. The maximum absolute atomic E-state index is 11.0. The Bertz CT molecular complexity index is 169. The summed E-state index contributed by atoms with van der Waals surface area (Å²) in [5.74, 6) is -0.109. The van der Waals surface area contributed by atoms with Gasteiger partial charge in [-0.05, 0) is 13.3 Å². The molecule has 0 aromatic rings. The van der Waals surface area contributed by atoms with E-state index >= 15 is 0 Å². The van der Waals surface area contributed by atoms with Gasteiger partial charge in [0.1, 0.15) is 0 Å². The quantitative estimate of drug-likeness (QED) is 0.632. The van der Waals surface area contributed by atoms with Crippen LogP contribution in [0.15, 0.2) is 0 Å². The van der Waals surface area contributed by atoms with Crippen LogP contribution in [0.25, 0.3) is 0 Å². The van der Waals surface area contributed by atoms with Crippen molar-refractivity contribution in [2.75, 3.05) is 13.1 Å². The fourth-order valence-electron chi connectivity index (χ4n) is 0.865. The van der Waals surface area contributed by atoms with Gasteiger partial charge in [-0.3, -0.25) is 9.59 Å². The topological polar surface area (TPSA) is 58.2 Å². The Balaban J connectivity index is 3.40. The summed E-state index contributed by atoms with van der Waals surface area (Å²) in [7, 11) is 0. The minimum atomic E-state index is -0.0610. The van der Waals surface area contributed by atoms with E-state index in [0.29, 0.717) is 13.1 Å². The second kappa shape index (κ2) is 7.58. The van der Waals surface area contributed by atoms with Crippen LogP contribution in [-0.4, -0.2) is 24.9 Å². The first-order valence-corrected chi connectivity index (χ1v) is 4.74. The Morgan fingerprint density at radius 3 is 2.00 bits per heavy atom. The van der Waals surface area contributed by atoms with E-state index in [1.165, 1.54) is 0 Å². The predicted molar refractivity (Wildman–Crippen MR) is 51.2 cm³/mol. The highest BCUT2D eigenvalue weighted by molar-refractivity contribution is 5.83. The smallest absolute Gasteiger partial charge is 0.220 e. The summed E-state index contributed by atoms with van der Waals surface area (Å²) in [6, 6.07) is 0. The highest BCUT2D eigenvalue weighted by Gasteiger charge is 2.04. The zero-order valence-electron chi connectivity index (χ0n) is 8.35. The van der Waals surface area contributed by atoms with Crippen molar-refractivity contribution >= 4 is 11.8 Å². The molecule has 0 aliphatic carbocycles. The molecule has 0 rings (SSSR count). The van der Waals surface area contributed by atoms with Crippen molar-refractivity contribution in [1.29, 1.82) is 0 Å². The Labute approximate surface area is 79.1 Å². The normalized spacial score (nSPS) is 9.38. The molecule has 0 radical (unpaired) electrons. The molecular formula is C9H18N2O2. The molecule has 0 unspecified atom stereocenters. The van der Waals surface area contributed by atoms with Gasteiger partial charge in [0.15, 0.2) is 0 Å². The number of amides is 2. The van der Waals surface area contributed by atoms with E-state index in [1.807, 2.05) is 13.8 Å². The molecule has 0 aromatic heterocycles. The van der Waals surface area contributed by atoms with Crippen LogP contribution in [0.5, 0.6) is 0 Å². The Morgan fingerprint density at radius 2 is 1.54 bits per heavy atom. The van der Waals surface area contributed by atoms with Crippen molar-refractivity contribution < 1.29 is 9.59 Å². The van der Waals surface area contributed by atoms with Crippen LogP contribution in [0.3, 0.4) is 0 Å². The Hall–Kier alpha value is -1.06. The summed E-state index contributed by atoms with van der Waals surface area (Å²) in [5, 5.41) is 5.35. The van der Waals surface area contributed by atoms with Crippen molar-refractivity contribution in [2.45, 2.75) is 33.1 Å². The van der Waals surface area contributed by atoms with Crippen LogP contribution in [-0.2, 0) is 9.59 Å². The molecule has 4 heteroatoms. The zero-order valence-corrected chi connectivity index (χ0v) is 8.35. The molecule has 13 heavy (non-hydrogen) atoms. The summed E-state index contributed by atoms with van der Waals surface area (Å²) in [4.78, 5) is 21.9. The van der Waals surface area contributed by atoms with E-state index in [-0.39, 0.29) is 24.7 Å². The highest BCUT2D eigenvalue weighted by Crippen LogP contribution is 1.88. The number of rotatable bonds is 6. The van der Waals surface area contributed by atoms with Gasteiger partial charge in [-0.25, -0.2) is 0 Å². The lowest BCUT2D eigenvalue weighted by Gasteiger charge is -2.03. The average Bonchev–Trinajstić information content (AvgIpc) is 2.12. The maximum Gasteiger partial charge on any atom is 0.220 e. The molecule has 0 aromatic carbocycles. The lowest BCUT2D eigenvalue weighted by Crippen LogP contribution is -2.27. The summed E-state index contributed by atoms with van der Waals surface area (Å²) >= 11 is 0. The lowest BCUT2D eigenvalue weighted by molar-refractivity contribution is -0.126. The van der Waals surface area contributed by atoms with Crippen LogP contribution in [0.4, 0.5) is 0 Å². The molecule has 0 fully saturated rings. The summed E-state index contributed by atoms with van der Waals surface area (Å²) in [6.07, 6.45) is 1.49. The third-order valence-corrected chi connectivity index (χ3v) is 1.53. The van der Waals surface area contributed by atoms with Crippen molar-refractivity contribution in [3.05, 3.63) is 0 Å². The van der Waals surface area contributed by atoms with E-state index in [2.05, 4.69) is 10.6 Å². The molecule has 0 spiro atoms. The molecule has 2 N–H and O–H groups in total. The second-order valence-electron chi connectivity index (χ2n) is 2.80. The summed E-state index contributed by atoms with van der Waals surface area (Å²) < 4.78 is 0. The summed E-state index contributed by atoms with van der Waals surface area (Å²) in [6.45, 7) is 5.16. The monoisotopic (exact) mass is 186 g/mol. The molecule has 4 nitrogen and oxygen atoms in total. The van der Waals surface area contributed by atoms with Gasteiger partial charge >= 0.3 is 0 Å². The van der Waals surface area contributed by atoms with Gasteiger partial charge < -0.3 is 10.6 Å². The lowest BCUT2D eigenvalue weighted by atomic mass is 10.3. The van der Waals surface area contributed by atoms with Gasteiger partial charge in [-0.15, -0.1) is 0 Å². The van der Waals surface area contributed by atoms with E-state index in [0.717, 1.165) is 6.42 Å². The van der Waals surface area contributed by atoms with Crippen LogP contribution in [0, 0.1) is 0 Å². The highest BCUT2D eigenvalue weighted by atomic mass is 16.2. The molecular weight excluding hydrogens is 168 g/mol. The first kappa shape index (κ1) is 11.9. The number of hydrogen-bond donors (Lipinski definition) is 2. The molecule has 2 amide bonds. The van der Waals surface area contributed by atoms with Gasteiger partial charge in [0.2, 0.25) is 11.8 Å². The van der Waals surface area contributed by atoms with Gasteiger partial charge in [-0.1, -0.05) is 6.92 Å². The van der Waals surface area contributed by atoms with Crippen molar-refractivity contribution in [3.8, 4) is 0 Å². The molecule has 76 valence electrons. The van der Waals surface area contributed by atoms with E-state index in [4.69, 9.17) is 0 Å². The Morgan fingerprint density at radius 1 is 1.00 bits per heavy atom. The standard InChI is InChI=1S/C9H18N2O2/c1-3-7-11-9(13)6-5-8(12)10-4-2/h3-7H2,1-2H3,(H,10,12)(H,11,13). The van der Waals surface area contributed by atoms with Crippen LogP contribution >= 0.6 is 0 Å². The fraction of sp³-hybridized carbons (Fsp3) is 0.778. The molecule has 0 saturated carbocycles. The zero-order chi connectivity index (χ0) is 10.1. The van der Waals surface area contributed by atoms with Crippen LogP contribution < -0.4 is 10.6 Å². The fourth-order valence-corrected chi connectivity index (χ4v) is 0.865. The number of hydrogen-bond acceptors (Lipinski definition) is 2. The largest absolute Gasteiger partial charge is 0.356 e. The number of carbonyl (C=O) groups is 2. The first-order chi connectivity index (χ1) is 6.20. The van der Waals surface area contributed by atoms with Gasteiger partial charge in [0.25, 0.3) is 0 Å². The van der Waals surface area contributed by atoms with Crippen molar-refractivity contribution in [3.63, 3.8) is 0 Å². The van der Waals surface area contributed by atoms with E-state index in [9.17, 15) is 9.59 Å². The molecule has 0 aliphatic heterocycles. The SMILES string of the molecule is CCCNC(=O)CCC(=O)NCC. The number of nitrogens with one attached hydrogen (secondary N) is 2. The molecule has 0 heterocycles. The minimum absolute atomic E-state index is 0.0481. The average molecular weight is 186 g/mol. The van der Waals surface area contributed by atoms with E-state index < -0.39 is 0 Å². The molecule has 0 bridgehead atoms. The summed E-state index contributed by atoms with van der Waals surface area (Å²) in [5.41, 5.74) is 0. The first-order valence-electron chi connectivity index (χ1n) is 4.74. The maximum atomic E-state index is 11.0. The molecule has 0 aliphatic rings. The van der Waals surface area contributed by atoms with E-state index in [1.54, 1.807) is 0 Å². The van der Waals surface area contributed by atoms with Crippen molar-refractivity contribution in [2.24, 2.45) is 0 Å². The van der Waals surface area contributed by atoms with Crippen LogP contribution in [0.1, 0.15) is 33.1 Å². The third-order valence-electron chi connectivity index (χ3n) is 1.53. The second-order valence-corrected chi connectivity index (χ2v) is 2.80. The molecule has 0 saturated heterocycles. The predicted octanol–water partition coefficient (Wildman–Crippen LogP) is 0.429. The molecule has 0 atom stereocenters. The van der Waals surface area contributed by atoms with Crippen LogP contribution in [0.2, 0.25) is 0 Å². The van der Waals surface area contributed by atoms with Gasteiger partial charge in [0, 0.05) is 25.9 Å². The van der Waals surface area contributed by atoms with Crippen molar-refractivity contribution in [1.82, 2.24) is 10.6 Å². The van der Waals surface area contributed by atoms with Gasteiger partial charge in [-0.2, -0.15) is 0 Å². The number of carbonyl (C=O) groups excluding carboxylic acids is 2. The van der Waals surface area contributed by atoms with Gasteiger partial charge in [0.05, 0.1) is 0 Å².